The summed E-state index contributed by atoms with van der Waals surface area (Å²) in [5, 5.41) is 4.04. The van der Waals surface area contributed by atoms with Crippen LogP contribution >= 0.6 is 11.8 Å². The Morgan fingerprint density at radius 3 is 2.95 bits per heavy atom. The van der Waals surface area contributed by atoms with Crippen LogP contribution < -0.4 is 0 Å². The van der Waals surface area contributed by atoms with E-state index < -0.39 is 0 Å². The summed E-state index contributed by atoms with van der Waals surface area (Å²) in [6.07, 6.45) is 4.10. The molecule has 2 saturated heterocycles. The third-order valence-corrected chi connectivity index (χ3v) is 5.66. The third-order valence-electron chi connectivity index (χ3n) is 4.51. The van der Waals surface area contributed by atoms with Gasteiger partial charge in [-0.1, -0.05) is 12.1 Å². The molecule has 6 heteroatoms. The molecule has 0 bridgehead atoms. The van der Waals surface area contributed by atoms with Crippen molar-refractivity contribution in [3.05, 3.63) is 17.0 Å². The minimum Gasteiger partial charge on any atom is -0.376 e. The Bertz CT molecular complexity index is 519. The van der Waals surface area contributed by atoms with Crippen LogP contribution in [-0.2, 0) is 11.2 Å². The fourth-order valence-corrected chi connectivity index (χ4v) is 4.47. The van der Waals surface area contributed by atoms with E-state index in [4.69, 9.17) is 9.26 Å². The lowest BCUT2D eigenvalue weighted by Gasteiger charge is -2.30. The first-order valence-corrected chi connectivity index (χ1v) is 9.31. The van der Waals surface area contributed by atoms with Crippen LogP contribution in [0.2, 0.25) is 0 Å². The monoisotopic (exact) mass is 324 g/mol. The van der Waals surface area contributed by atoms with Crippen LogP contribution in [0.4, 0.5) is 0 Å². The van der Waals surface area contributed by atoms with Gasteiger partial charge in [0, 0.05) is 24.9 Å². The SMILES string of the molecule is CCc1noc(C)c1C(=O)N(CC1CCCO1)C1CCSC1. The van der Waals surface area contributed by atoms with E-state index in [0.717, 1.165) is 43.1 Å². The first-order chi connectivity index (χ1) is 10.7. The smallest absolute Gasteiger partial charge is 0.259 e. The van der Waals surface area contributed by atoms with Crippen molar-refractivity contribution < 1.29 is 14.1 Å². The molecule has 5 nitrogen and oxygen atoms in total. The Morgan fingerprint density at radius 1 is 1.45 bits per heavy atom. The average Bonchev–Trinajstić information content (AvgIpc) is 3.25. The zero-order valence-corrected chi connectivity index (χ0v) is 14.2. The summed E-state index contributed by atoms with van der Waals surface area (Å²) in [6.45, 7) is 5.34. The summed E-state index contributed by atoms with van der Waals surface area (Å²) in [5.74, 6) is 2.84. The predicted octanol–water partition coefficient (Wildman–Crippen LogP) is 2.67. The molecule has 2 aliphatic heterocycles. The molecule has 2 aliphatic rings. The van der Waals surface area contributed by atoms with Crippen molar-refractivity contribution in [2.75, 3.05) is 24.7 Å². The number of rotatable bonds is 5. The van der Waals surface area contributed by atoms with Crippen molar-refractivity contribution in [3.8, 4) is 0 Å². The molecular formula is C16H24N2O3S. The molecular weight excluding hydrogens is 300 g/mol. The molecule has 0 radical (unpaired) electrons. The van der Waals surface area contributed by atoms with Crippen LogP contribution in [0, 0.1) is 6.92 Å². The molecule has 1 aromatic rings. The highest BCUT2D eigenvalue weighted by Gasteiger charge is 2.33. The van der Waals surface area contributed by atoms with Gasteiger partial charge in [0.2, 0.25) is 0 Å². The number of ether oxygens (including phenoxy) is 1. The van der Waals surface area contributed by atoms with Crippen LogP contribution in [0.25, 0.3) is 0 Å². The number of aromatic nitrogens is 1. The van der Waals surface area contributed by atoms with Gasteiger partial charge in [-0.25, -0.2) is 0 Å². The van der Waals surface area contributed by atoms with Crippen LogP contribution in [0.5, 0.6) is 0 Å². The van der Waals surface area contributed by atoms with Crippen LogP contribution in [-0.4, -0.2) is 52.8 Å². The molecule has 0 spiro atoms. The molecule has 2 unspecified atom stereocenters. The second-order valence-electron chi connectivity index (χ2n) is 6.02. The molecule has 0 N–H and O–H groups in total. The Balaban J connectivity index is 1.83. The van der Waals surface area contributed by atoms with Crippen molar-refractivity contribution in [1.29, 1.82) is 0 Å². The Morgan fingerprint density at radius 2 is 2.32 bits per heavy atom. The minimum atomic E-state index is 0.0681. The van der Waals surface area contributed by atoms with Gasteiger partial charge in [0.25, 0.3) is 5.91 Å². The average molecular weight is 324 g/mol. The number of carbonyl (C=O) groups excluding carboxylic acids is 1. The van der Waals surface area contributed by atoms with Gasteiger partial charge in [0.1, 0.15) is 11.3 Å². The van der Waals surface area contributed by atoms with E-state index in [9.17, 15) is 4.79 Å². The quantitative estimate of drug-likeness (QED) is 0.833. The maximum atomic E-state index is 13.1. The third kappa shape index (κ3) is 3.18. The van der Waals surface area contributed by atoms with Crippen molar-refractivity contribution in [2.45, 2.75) is 51.7 Å². The largest absolute Gasteiger partial charge is 0.376 e. The molecule has 122 valence electrons. The van der Waals surface area contributed by atoms with Crippen molar-refractivity contribution in [3.63, 3.8) is 0 Å². The summed E-state index contributed by atoms with van der Waals surface area (Å²) in [7, 11) is 0. The lowest BCUT2D eigenvalue weighted by molar-refractivity contribution is 0.0439. The second-order valence-corrected chi connectivity index (χ2v) is 7.17. The molecule has 3 heterocycles. The topological polar surface area (TPSA) is 55.6 Å². The fraction of sp³-hybridized carbons (Fsp3) is 0.750. The van der Waals surface area contributed by atoms with Gasteiger partial charge in [0.15, 0.2) is 0 Å². The minimum absolute atomic E-state index is 0.0681. The van der Waals surface area contributed by atoms with Crippen molar-refractivity contribution >= 4 is 17.7 Å². The van der Waals surface area contributed by atoms with E-state index in [-0.39, 0.29) is 12.0 Å². The molecule has 22 heavy (non-hydrogen) atoms. The highest BCUT2D eigenvalue weighted by atomic mass is 32.2. The number of hydrogen-bond donors (Lipinski definition) is 0. The van der Waals surface area contributed by atoms with Gasteiger partial charge in [-0.15, -0.1) is 0 Å². The van der Waals surface area contributed by atoms with Crippen LogP contribution in [0.3, 0.4) is 0 Å². The number of aryl methyl sites for hydroxylation is 2. The lowest BCUT2D eigenvalue weighted by atomic mass is 10.1. The lowest BCUT2D eigenvalue weighted by Crippen LogP contribution is -2.45. The van der Waals surface area contributed by atoms with Gasteiger partial charge in [0.05, 0.1) is 11.8 Å². The van der Waals surface area contributed by atoms with Crippen LogP contribution in [0.1, 0.15) is 48.0 Å². The Labute approximate surface area is 135 Å². The highest BCUT2D eigenvalue weighted by Crippen LogP contribution is 2.27. The molecule has 0 aliphatic carbocycles. The second kappa shape index (κ2) is 7.04. The standard InChI is InChI=1S/C16H24N2O3S/c1-3-14-15(11(2)21-17-14)16(19)18(12-6-8-22-10-12)9-13-5-4-7-20-13/h12-13H,3-10H2,1-2H3. The molecule has 2 fully saturated rings. The van der Waals surface area contributed by atoms with Gasteiger partial charge in [-0.2, -0.15) is 11.8 Å². The van der Waals surface area contributed by atoms with E-state index in [2.05, 4.69) is 5.16 Å². The Hall–Kier alpha value is -1.01. The normalized spacial score (nSPS) is 24.8. The summed E-state index contributed by atoms with van der Waals surface area (Å²) in [4.78, 5) is 15.2. The summed E-state index contributed by atoms with van der Waals surface area (Å²) >= 11 is 1.92. The van der Waals surface area contributed by atoms with E-state index in [1.54, 1.807) is 0 Å². The maximum absolute atomic E-state index is 13.1. The fourth-order valence-electron chi connectivity index (χ4n) is 3.25. The first kappa shape index (κ1) is 15.9. The maximum Gasteiger partial charge on any atom is 0.259 e. The molecule has 3 rings (SSSR count). The van der Waals surface area contributed by atoms with Gasteiger partial charge in [-0.3, -0.25) is 4.79 Å². The number of amides is 1. The first-order valence-electron chi connectivity index (χ1n) is 8.16. The number of thioether (sulfide) groups is 1. The Kier molecular flexibility index (Phi) is 5.08. The van der Waals surface area contributed by atoms with E-state index in [1.165, 1.54) is 0 Å². The zero-order valence-electron chi connectivity index (χ0n) is 13.3. The number of carbonyl (C=O) groups is 1. The number of hydrogen-bond acceptors (Lipinski definition) is 5. The summed E-state index contributed by atoms with van der Waals surface area (Å²) < 4.78 is 11.0. The summed E-state index contributed by atoms with van der Waals surface area (Å²) in [6, 6.07) is 0.306. The van der Waals surface area contributed by atoms with Crippen LogP contribution in [0.15, 0.2) is 4.52 Å². The van der Waals surface area contributed by atoms with Gasteiger partial charge in [-0.05, 0) is 38.4 Å². The molecule has 1 aromatic heterocycles. The van der Waals surface area contributed by atoms with Crippen molar-refractivity contribution in [1.82, 2.24) is 10.1 Å². The van der Waals surface area contributed by atoms with Gasteiger partial charge < -0.3 is 14.2 Å². The van der Waals surface area contributed by atoms with E-state index in [0.29, 0.717) is 30.3 Å². The molecule has 1 amide bonds. The summed E-state index contributed by atoms with van der Waals surface area (Å²) in [5.41, 5.74) is 1.43. The van der Waals surface area contributed by atoms with Crippen molar-refractivity contribution in [2.24, 2.45) is 0 Å². The molecule has 2 atom stereocenters. The van der Waals surface area contributed by atoms with E-state index in [1.807, 2.05) is 30.5 Å². The highest BCUT2D eigenvalue weighted by molar-refractivity contribution is 7.99. The molecule has 0 aromatic carbocycles. The molecule has 0 saturated carbocycles. The zero-order chi connectivity index (χ0) is 15.5. The van der Waals surface area contributed by atoms with E-state index >= 15 is 0 Å². The number of nitrogens with zero attached hydrogens (tertiary/aromatic N) is 2. The van der Waals surface area contributed by atoms with Gasteiger partial charge >= 0.3 is 0 Å². The predicted molar refractivity (Wildman–Crippen MR) is 86.4 cm³/mol.